The second-order valence-corrected chi connectivity index (χ2v) is 5.71. The largest absolute Gasteiger partial charge is 0.315 e. The summed E-state index contributed by atoms with van der Waals surface area (Å²) in [5.41, 5.74) is 0. The van der Waals surface area contributed by atoms with Crippen molar-refractivity contribution in [3.05, 3.63) is 0 Å². The smallest absolute Gasteiger partial charge is 0.259 e. The molecule has 1 fully saturated rings. The van der Waals surface area contributed by atoms with E-state index in [1.807, 2.05) is 0 Å². The van der Waals surface area contributed by atoms with Gasteiger partial charge < -0.3 is 5.32 Å². The molecule has 5 heteroatoms. The van der Waals surface area contributed by atoms with Gasteiger partial charge in [0.25, 0.3) is 5.91 Å². The lowest BCUT2D eigenvalue weighted by atomic mass is 10.0. The van der Waals surface area contributed by atoms with E-state index in [-0.39, 0.29) is 11.8 Å². The van der Waals surface area contributed by atoms with Crippen molar-refractivity contribution in [1.82, 2.24) is 5.32 Å². The molecular weight excluding hydrogens is 176 g/mol. The first-order chi connectivity index (χ1) is 5.55. The Balaban J connectivity index is 2.65. The zero-order valence-electron chi connectivity index (χ0n) is 7.37. The standard InChI is InChI=1S/C7H14N2O2S/c1-3-12(2,11)9-7(10)6-4-8-5-6/h6,8H,3-5H2,1-2H3. The van der Waals surface area contributed by atoms with E-state index in [9.17, 15) is 9.00 Å². The fourth-order valence-electron chi connectivity index (χ4n) is 0.793. The minimum atomic E-state index is -2.24. The molecule has 0 aromatic carbocycles. The van der Waals surface area contributed by atoms with Crippen LogP contribution in [0.25, 0.3) is 0 Å². The quantitative estimate of drug-likeness (QED) is 0.659. The molecule has 0 aromatic heterocycles. The molecular formula is C7H14N2O2S. The van der Waals surface area contributed by atoms with E-state index in [2.05, 4.69) is 9.68 Å². The predicted molar refractivity (Wildman–Crippen MR) is 48.4 cm³/mol. The highest BCUT2D eigenvalue weighted by Crippen LogP contribution is 2.06. The number of carbonyl (C=O) groups is 1. The van der Waals surface area contributed by atoms with Crippen LogP contribution < -0.4 is 5.32 Å². The zero-order chi connectivity index (χ0) is 9.19. The lowest BCUT2D eigenvalue weighted by molar-refractivity contribution is -0.122. The summed E-state index contributed by atoms with van der Waals surface area (Å²) < 4.78 is 15.1. The van der Waals surface area contributed by atoms with E-state index in [1.165, 1.54) is 6.26 Å². The molecule has 4 nitrogen and oxygen atoms in total. The van der Waals surface area contributed by atoms with Gasteiger partial charge in [0.15, 0.2) is 0 Å². The third-order valence-corrected chi connectivity index (χ3v) is 3.59. The van der Waals surface area contributed by atoms with E-state index in [4.69, 9.17) is 0 Å². The lowest BCUT2D eigenvalue weighted by Gasteiger charge is -2.23. The molecule has 1 aliphatic rings. The van der Waals surface area contributed by atoms with Gasteiger partial charge in [0.2, 0.25) is 0 Å². The van der Waals surface area contributed by atoms with Gasteiger partial charge in [0.1, 0.15) is 0 Å². The normalized spacial score (nSPS) is 22.5. The summed E-state index contributed by atoms with van der Waals surface area (Å²) >= 11 is 0. The molecule has 0 spiro atoms. The highest BCUT2D eigenvalue weighted by atomic mass is 32.2. The van der Waals surface area contributed by atoms with Crippen LogP contribution in [0.3, 0.4) is 0 Å². The van der Waals surface area contributed by atoms with Crippen LogP contribution in [-0.4, -0.2) is 35.2 Å². The van der Waals surface area contributed by atoms with Crippen molar-refractivity contribution in [3.8, 4) is 0 Å². The maximum atomic E-state index is 11.4. The van der Waals surface area contributed by atoms with Gasteiger partial charge in [0.05, 0.1) is 15.6 Å². The molecule has 1 heterocycles. The fraction of sp³-hybridized carbons (Fsp3) is 0.857. The molecule has 0 aliphatic carbocycles. The second-order valence-electron chi connectivity index (χ2n) is 3.03. The summed E-state index contributed by atoms with van der Waals surface area (Å²) in [5, 5.41) is 2.97. The molecule has 1 aliphatic heterocycles. The van der Waals surface area contributed by atoms with Gasteiger partial charge in [0, 0.05) is 25.1 Å². The summed E-state index contributed by atoms with van der Waals surface area (Å²) in [7, 11) is -2.24. The van der Waals surface area contributed by atoms with Crippen LogP contribution in [0, 0.1) is 5.92 Å². The Morgan fingerprint density at radius 3 is 2.58 bits per heavy atom. The fourth-order valence-corrected chi connectivity index (χ4v) is 1.45. The number of nitrogens with zero attached hydrogens (tertiary/aromatic N) is 1. The topological polar surface area (TPSA) is 58.5 Å². The van der Waals surface area contributed by atoms with Gasteiger partial charge in [-0.1, -0.05) is 6.92 Å². The Bertz CT molecular complexity index is 288. The van der Waals surface area contributed by atoms with Crippen molar-refractivity contribution in [2.24, 2.45) is 10.3 Å². The second kappa shape index (κ2) is 3.53. The summed E-state index contributed by atoms with van der Waals surface area (Å²) in [6.07, 6.45) is 1.52. The SMILES string of the molecule is CCS(C)(=O)=NC(=O)C1CNC1. The Kier molecular flexibility index (Phi) is 2.85. The Labute approximate surface area is 72.9 Å². The van der Waals surface area contributed by atoms with Crippen molar-refractivity contribution in [2.75, 3.05) is 25.1 Å². The first kappa shape index (κ1) is 9.67. The van der Waals surface area contributed by atoms with Crippen LogP contribution in [0.5, 0.6) is 0 Å². The molecule has 1 rings (SSSR count). The molecule has 70 valence electrons. The van der Waals surface area contributed by atoms with Crippen molar-refractivity contribution >= 4 is 15.6 Å². The minimum Gasteiger partial charge on any atom is -0.315 e. The van der Waals surface area contributed by atoms with E-state index >= 15 is 0 Å². The molecule has 0 bridgehead atoms. The van der Waals surface area contributed by atoms with Gasteiger partial charge in [-0.25, -0.2) is 4.21 Å². The Morgan fingerprint density at radius 2 is 2.25 bits per heavy atom. The minimum absolute atomic E-state index is 0.0303. The van der Waals surface area contributed by atoms with Gasteiger partial charge in [-0.2, -0.15) is 4.36 Å². The first-order valence-corrected chi connectivity index (χ1v) is 6.09. The third-order valence-electron chi connectivity index (χ3n) is 1.95. The Hall–Kier alpha value is -0.420. The molecule has 1 atom stereocenters. The average molecular weight is 190 g/mol. The van der Waals surface area contributed by atoms with Crippen LogP contribution >= 0.6 is 0 Å². The summed E-state index contributed by atoms with van der Waals surface area (Å²) in [5.74, 6) is 0.208. The average Bonchev–Trinajstić information content (AvgIpc) is 1.82. The molecule has 1 amide bonds. The van der Waals surface area contributed by atoms with Crippen molar-refractivity contribution < 1.29 is 9.00 Å². The van der Waals surface area contributed by atoms with Crippen LogP contribution in [0.15, 0.2) is 4.36 Å². The maximum Gasteiger partial charge on any atom is 0.259 e. The van der Waals surface area contributed by atoms with Gasteiger partial charge in [-0.3, -0.25) is 4.79 Å². The summed E-state index contributed by atoms with van der Waals surface area (Å²) in [6.45, 7) is 3.14. The van der Waals surface area contributed by atoms with Gasteiger partial charge in [-0.15, -0.1) is 0 Å². The van der Waals surface area contributed by atoms with Crippen molar-refractivity contribution in [2.45, 2.75) is 6.92 Å². The van der Waals surface area contributed by atoms with E-state index < -0.39 is 9.73 Å². The summed E-state index contributed by atoms with van der Waals surface area (Å²) in [4.78, 5) is 11.2. The van der Waals surface area contributed by atoms with Crippen molar-refractivity contribution in [3.63, 3.8) is 0 Å². The van der Waals surface area contributed by atoms with Crippen LogP contribution in [0.4, 0.5) is 0 Å². The Morgan fingerprint density at radius 1 is 1.67 bits per heavy atom. The molecule has 1 unspecified atom stereocenters. The maximum absolute atomic E-state index is 11.4. The first-order valence-electron chi connectivity index (χ1n) is 3.99. The van der Waals surface area contributed by atoms with Crippen LogP contribution in [0.2, 0.25) is 0 Å². The zero-order valence-corrected chi connectivity index (χ0v) is 8.19. The van der Waals surface area contributed by atoms with E-state index in [1.54, 1.807) is 6.92 Å². The monoisotopic (exact) mass is 190 g/mol. The molecule has 1 N–H and O–H groups in total. The van der Waals surface area contributed by atoms with Gasteiger partial charge in [-0.05, 0) is 0 Å². The van der Waals surface area contributed by atoms with Crippen molar-refractivity contribution in [1.29, 1.82) is 0 Å². The highest BCUT2D eigenvalue weighted by Gasteiger charge is 2.25. The number of nitrogens with one attached hydrogen (secondary N) is 1. The summed E-state index contributed by atoms with van der Waals surface area (Å²) in [6, 6.07) is 0. The number of rotatable bonds is 2. The van der Waals surface area contributed by atoms with Crippen LogP contribution in [0.1, 0.15) is 6.92 Å². The lowest BCUT2D eigenvalue weighted by Crippen LogP contribution is -2.46. The van der Waals surface area contributed by atoms with E-state index in [0.717, 1.165) is 0 Å². The van der Waals surface area contributed by atoms with Crippen LogP contribution in [-0.2, 0) is 14.5 Å². The van der Waals surface area contributed by atoms with E-state index in [0.29, 0.717) is 18.8 Å². The highest BCUT2D eigenvalue weighted by molar-refractivity contribution is 7.93. The number of hydrogen-bond donors (Lipinski definition) is 1. The molecule has 12 heavy (non-hydrogen) atoms. The molecule has 1 saturated heterocycles. The van der Waals surface area contributed by atoms with Gasteiger partial charge >= 0.3 is 0 Å². The molecule has 0 saturated carbocycles. The third kappa shape index (κ3) is 2.28. The number of carbonyl (C=O) groups excluding carboxylic acids is 1. The molecule has 0 aromatic rings. The number of amides is 1. The predicted octanol–water partition coefficient (Wildman–Crippen LogP) is -0.150. The number of hydrogen-bond acceptors (Lipinski definition) is 3. The molecule has 0 radical (unpaired) electrons.